The van der Waals surface area contributed by atoms with E-state index in [1.54, 1.807) is 0 Å². The van der Waals surface area contributed by atoms with E-state index in [1.807, 2.05) is 17.0 Å². The number of piperidine rings is 1. The highest BCUT2D eigenvalue weighted by Crippen LogP contribution is 2.25. The van der Waals surface area contributed by atoms with Gasteiger partial charge in [0.1, 0.15) is 0 Å². The van der Waals surface area contributed by atoms with Crippen LogP contribution in [0.4, 0.5) is 4.79 Å². The van der Waals surface area contributed by atoms with Crippen LogP contribution in [0.3, 0.4) is 0 Å². The highest BCUT2D eigenvalue weighted by Gasteiger charge is 2.20. The van der Waals surface area contributed by atoms with Gasteiger partial charge in [-0.05, 0) is 55.1 Å². The largest absolute Gasteiger partial charge is 0.338 e. The minimum Gasteiger partial charge on any atom is -0.338 e. The zero-order valence-electron chi connectivity index (χ0n) is 18.3. The van der Waals surface area contributed by atoms with Crippen LogP contribution >= 0.6 is 0 Å². The molecular weight excluding hydrogens is 388 g/mol. The summed E-state index contributed by atoms with van der Waals surface area (Å²) in [5, 5.41) is 6.12. The Kier molecular flexibility index (Phi) is 6.87. The second-order valence-corrected chi connectivity index (χ2v) is 8.70. The average molecular weight is 421 g/mol. The van der Waals surface area contributed by atoms with E-state index in [4.69, 9.17) is 0 Å². The molecule has 6 nitrogen and oxygen atoms in total. The molecule has 0 aromatic heterocycles. The monoisotopic (exact) mass is 420 g/mol. The molecule has 0 bridgehead atoms. The molecule has 3 amide bonds. The molecule has 2 saturated heterocycles. The molecule has 164 valence electrons. The fraction of sp³-hybridized carbons (Fsp3) is 0.440. The van der Waals surface area contributed by atoms with Gasteiger partial charge in [-0.1, -0.05) is 48.5 Å². The number of hydrogen-bond acceptors (Lipinski definition) is 3. The second kappa shape index (κ2) is 9.96. The van der Waals surface area contributed by atoms with Gasteiger partial charge < -0.3 is 20.4 Å². The summed E-state index contributed by atoms with van der Waals surface area (Å²) in [6, 6.07) is 16.7. The number of rotatable bonds is 6. The Balaban J connectivity index is 1.36. The zero-order valence-corrected chi connectivity index (χ0v) is 18.3. The van der Waals surface area contributed by atoms with Crippen molar-refractivity contribution >= 4 is 11.9 Å². The fourth-order valence-corrected chi connectivity index (χ4v) is 4.53. The normalized spacial score (nSPS) is 19.5. The maximum absolute atomic E-state index is 12.4. The number of carbonyl (C=O) groups is 2. The molecule has 2 fully saturated rings. The molecule has 2 aliphatic heterocycles. The van der Waals surface area contributed by atoms with Crippen molar-refractivity contribution in [2.45, 2.75) is 44.8 Å². The van der Waals surface area contributed by atoms with Gasteiger partial charge in [0, 0.05) is 38.6 Å². The summed E-state index contributed by atoms with van der Waals surface area (Å²) in [5.74, 6) is 0.249. The van der Waals surface area contributed by atoms with Gasteiger partial charge in [-0.2, -0.15) is 0 Å². The van der Waals surface area contributed by atoms with Crippen LogP contribution in [0.15, 0.2) is 48.5 Å². The van der Waals surface area contributed by atoms with Crippen LogP contribution in [0.5, 0.6) is 0 Å². The number of benzene rings is 2. The van der Waals surface area contributed by atoms with Gasteiger partial charge in [-0.25, -0.2) is 4.79 Å². The molecule has 1 atom stereocenters. The van der Waals surface area contributed by atoms with Gasteiger partial charge in [0.2, 0.25) is 5.91 Å². The molecule has 2 N–H and O–H groups in total. The van der Waals surface area contributed by atoms with Crippen LogP contribution in [0.25, 0.3) is 11.1 Å². The Morgan fingerprint density at radius 3 is 2.61 bits per heavy atom. The minimum atomic E-state index is -0.110. The zero-order chi connectivity index (χ0) is 21.6. The van der Waals surface area contributed by atoms with Crippen LogP contribution in [0.2, 0.25) is 0 Å². The van der Waals surface area contributed by atoms with E-state index >= 15 is 0 Å². The van der Waals surface area contributed by atoms with Crippen molar-refractivity contribution in [3.63, 3.8) is 0 Å². The SMILES string of the molecule is CN1CCCC(NC(=O)NCc2ccccc2-c2ccc(CN3CCCC3=O)cc2)C1. The lowest BCUT2D eigenvalue weighted by Crippen LogP contribution is -2.49. The fourth-order valence-electron chi connectivity index (χ4n) is 4.53. The molecule has 2 heterocycles. The van der Waals surface area contributed by atoms with E-state index in [1.165, 1.54) is 0 Å². The number of nitrogens with one attached hydrogen (secondary N) is 2. The number of likely N-dealkylation sites (N-methyl/N-ethyl adjacent to an activating group) is 1. The van der Waals surface area contributed by atoms with Gasteiger partial charge >= 0.3 is 6.03 Å². The van der Waals surface area contributed by atoms with Crippen LogP contribution < -0.4 is 10.6 Å². The molecule has 2 aromatic rings. The number of hydrogen-bond donors (Lipinski definition) is 2. The van der Waals surface area contributed by atoms with Crippen molar-refractivity contribution in [2.75, 3.05) is 26.7 Å². The lowest BCUT2D eigenvalue weighted by Gasteiger charge is -2.30. The summed E-state index contributed by atoms with van der Waals surface area (Å²) in [6.45, 7) is 4.02. The van der Waals surface area contributed by atoms with Gasteiger partial charge in [0.05, 0.1) is 0 Å². The predicted octanol–water partition coefficient (Wildman–Crippen LogP) is 3.37. The number of carbonyl (C=O) groups excluding carboxylic acids is 2. The molecule has 1 unspecified atom stereocenters. The van der Waals surface area contributed by atoms with Crippen LogP contribution in [-0.4, -0.2) is 54.5 Å². The lowest BCUT2D eigenvalue weighted by molar-refractivity contribution is -0.128. The van der Waals surface area contributed by atoms with E-state index in [2.05, 4.69) is 59.0 Å². The standard InChI is InChI=1S/C25H32N4O2/c1-28-14-4-7-22(18-28)27-25(31)26-16-21-6-2-3-8-23(21)20-12-10-19(11-13-20)17-29-15-5-9-24(29)30/h2-3,6,8,10-13,22H,4-5,7,9,14-18H2,1H3,(H2,26,27,31). The van der Waals surface area contributed by atoms with Crippen molar-refractivity contribution in [1.82, 2.24) is 20.4 Å². The van der Waals surface area contributed by atoms with Crippen molar-refractivity contribution in [2.24, 2.45) is 0 Å². The van der Waals surface area contributed by atoms with Gasteiger partial charge in [-0.3, -0.25) is 4.79 Å². The summed E-state index contributed by atoms with van der Waals surface area (Å²) >= 11 is 0. The Morgan fingerprint density at radius 2 is 1.87 bits per heavy atom. The number of nitrogens with zero attached hydrogens (tertiary/aromatic N) is 2. The van der Waals surface area contributed by atoms with Crippen molar-refractivity contribution in [3.05, 3.63) is 59.7 Å². The van der Waals surface area contributed by atoms with E-state index in [0.717, 1.165) is 61.2 Å². The van der Waals surface area contributed by atoms with Crippen molar-refractivity contribution < 1.29 is 9.59 Å². The smallest absolute Gasteiger partial charge is 0.315 e. The molecule has 0 radical (unpaired) electrons. The van der Waals surface area contributed by atoms with Crippen LogP contribution in [-0.2, 0) is 17.9 Å². The quantitative estimate of drug-likeness (QED) is 0.753. The summed E-state index contributed by atoms with van der Waals surface area (Å²) in [7, 11) is 2.09. The first-order valence-corrected chi connectivity index (χ1v) is 11.3. The highest BCUT2D eigenvalue weighted by atomic mass is 16.2. The molecule has 31 heavy (non-hydrogen) atoms. The van der Waals surface area contributed by atoms with Gasteiger partial charge in [0.25, 0.3) is 0 Å². The Bertz CT molecular complexity index is 912. The topological polar surface area (TPSA) is 64.7 Å². The first-order chi connectivity index (χ1) is 15.1. The maximum Gasteiger partial charge on any atom is 0.315 e. The number of urea groups is 1. The molecule has 0 spiro atoms. The van der Waals surface area contributed by atoms with Crippen molar-refractivity contribution in [3.8, 4) is 11.1 Å². The average Bonchev–Trinajstić information content (AvgIpc) is 3.17. The van der Waals surface area contributed by atoms with Gasteiger partial charge in [-0.15, -0.1) is 0 Å². The molecule has 4 rings (SSSR count). The molecule has 2 aromatic carbocycles. The third-order valence-corrected chi connectivity index (χ3v) is 6.23. The molecular formula is C25H32N4O2. The first kappa shape index (κ1) is 21.4. The maximum atomic E-state index is 12.4. The van der Waals surface area contributed by atoms with E-state index in [0.29, 0.717) is 19.5 Å². The Labute approximate surface area is 184 Å². The summed E-state index contributed by atoms with van der Waals surface area (Å²) in [6.07, 6.45) is 3.78. The predicted molar refractivity (Wildman–Crippen MR) is 122 cm³/mol. The second-order valence-electron chi connectivity index (χ2n) is 8.70. The van der Waals surface area contributed by atoms with Crippen LogP contribution in [0.1, 0.15) is 36.8 Å². The minimum absolute atomic E-state index is 0.110. The summed E-state index contributed by atoms with van der Waals surface area (Å²) in [5.41, 5.74) is 4.46. The molecule has 6 heteroatoms. The van der Waals surface area contributed by atoms with Crippen LogP contribution in [0, 0.1) is 0 Å². The third-order valence-electron chi connectivity index (χ3n) is 6.23. The third kappa shape index (κ3) is 5.64. The molecule has 0 aliphatic carbocycles. The van der Waals surface area contributed by atoms with E-state index < -0.39 is 0 Å². The van der Waals surface area contributed by atoms with E-state index in [9.17, 15) is 9.59 Å². The Morgan fingerprint density at radius 1 is 1.06 bits per heavy atom. The summed E-state index contributed by atoms with van der Waals surface area (Å²) < 4.78 is 0. The molecule has 0 saturated carbocycles. The first-order valence-electron chi connectivity index (χ1n) is 11.3. The lowest BCUT2D eigenvalue weighted by atomic mass is 9.98. The molecule has 2 aliphatic rings. The van der Waals surface area contributed by atoms with E-state index in [-0.39, 0.29) is 18.0 Å². The highest BCUT2D eigenvalue weighted by molar-refractivity contribution is 5.78. The van der Waals surface area contributed by atoms with Crippen molar-refractivity contribution in [1.29, 1.82) is 0 Å². The Hall–Kier alpha value is -2.86. The summed E-state index contributed by atoms with van der Waals surface area (Å²) in [4.78, 5) is 28.4. The van der Waals surface area contributed by atoms with Gasteiger partial charge in [0.15, 0.2) is 0 Å². The number of likely N-dealkylation sites (tertiary alicyclic amines) is 2. The number of amides is 3.